The van der Waals surface area contributed by atoms with Crippen LogP contribution in [-0.2, 0) is 0 Å². The van der Waals surface area contributed by atoms with Crippen molar-refractivity contribution in [3.63, 3.8) is 0 Å². The number of benzene rings is 1. The van der Waals surface area contributed by atoms with E-state index < -0.39 is 0 Å². The third kappa shape index (κ3) is 4.84. The van der Waals surface area contributed by atoms with E-state index >= 15 is 0 Å². The van der Waals surface area contributed by atoms with E-state index in [1.54, 1.807) is 4.52 Å². The number of amides is 1. The molecule has 31 heavy (non-hydrogen) atoms. The topological polar surface area (TPSA) is 62.5 Å². The fourth-order valence-electron chi connectivity index (χ4n) is 3.77. The van der Waals surface area contributed by atoms with Gasteiger partial charge in [-0.25, -0.2) is 9.50 Å². The van der Waals surface area contributed by atoms with Crippen LogP contribution in [0.15, 0.2) is 60.4 Å². The van der Waals surface area contributed by atoms with E-state index in [1.807, 2.05) is 62.3 Å². The zero-order chi connectivity index (χ0) is 22.0. The Morgan fingerprint density at radius 2 is 1.90 bits per heavy atom. The summed E-state index contributed by atoms with van der Waals surface area (Å²) in [7, 11) is 4.09. The summed E-state index contributed by atoms with van der Waals surface area (Å²) in [5.74, 6) is -0.0393. The van der Waals surface area contributed by atoms with Crippen LogP contribution in [0.25, 0.3) is 27.9 Å². The van der Waals surface area contributed by atoms with Gasteiger partial charge in [-0.2, -0.15) is 5.10 Å². The van der Waals surface area contributed by atoms with E-state index in [9.17, 15) is 4.79 Å². The number of carbonyl (C=O) groups excluding carboxylic acids is 1. The maximum absolute atomic E-state index is 12.6. The number of aromatic nitrogens is 3. The maximum Gasteiger partial charge on any atom is 0.261 e. The zero-order valence-electron chi connectivity index (χ0n) is 18.3. The molecule has 0 aliphatic carbocycles. The molecule has 160 valence electrons. The van der Waals surface area contributed by atoms with Crippen molar-refractivity contribution in [2.75, 3.05) is 27.2 Å². The third-order valence-electron chi connectivity index (χ3n) is 5.07. The molecule has 0 aliphatic heterocycles. The molecular formula is C24H27N5OS. The number of thiophene rings is 1. The van der Waals surface area contributed by atoms with Crippen molar-refractivity contribution in [2.24, 2.45) is 5.41 Å². The summed E-state index contributed by atoms with van der Waals surface area (Å²) in [4.78, 5) is 20.1. The molecule has 0 saturated heterocycles. The van der Waals surface area contributed by atoms with Crippen molar-refractivity contribution in [1.29, 1.82) is 0 Å². The first-order valence-corrected chi connectivity index (χ1v) is 11.1. The molecule has 0 bridgehead atoms. The standard InChI is InChI=1S/C24H27N5OS/c1-24(2,16-28(3)4)15-26-23(30)21-10-18(14-31-21)19-11-25-22-20(12-27-29(22)13-19)17-8-6-5-7-9-17/h5-14H,15-16H2,1-4H3,(H,26,30). The zero-order valence-corrected chi connectivity index (χ0v) is 19.1. The van der Waals surface area contributed by atoms with Crippen LogP contribution in [-0.4, -0.2) is 52.6 Å². The summed E-state index contributed by atoms with van der Waals surface area (Å²) >= 11 is 1.44. The minimum absolute atomic E-state index is 0.00472. The van der Waals surface area contributed by atoms with Crippen molar-refractivity contribution in [3.8, 4) is 22.3 Å². The largest absolute Gasteiger partial charge is 0.351 e. The molecule has 3 aromatic heterocycles. The summed E-state index contributed by atoms with van der Waals surface area (Å²) < 4.78 is 1.79. The summed E-state index contributed by atoms with van der Waals surface area (Å²) in [5, 5.41) is 9.54. The van der Waals surface area contributed by atoms with Gasteiger partial charge in [-0.05, 0) is 42.1 Å². The molecule has 0 aliphatic rings. The molecule has 6 nitrogen and oxygen atoms in total. The summed E-state index contributed by atoms with van der Waals surface area (Å²) in [6.45, 7) is 5.84. The van der Waals surface area contributed by atoms with E-state index in [4.69, 9.17) is 0 Å². The Bertz CT molecular complexity index is 1190. The van der Waals surface area contributed by atoms with Gasteiger partial charge in [0.25, 0.3) is 5.91 Å². The lowest BCUT2D eigenvalue weighted by Gasteiger charge is -2.28. The molecule has 0 unspecified atom stereocenters. The van der Waals surface area contributed by atoms with Crippen LogP contribution in [0.5, 0.6) is 0 Å². The van der Waals surface area contributed by atoms with Gasteiger partial charge in [0.2, 0.25) is 0 Å². The van der Waals surface area contributed by atoms with Crippen LogP contribution in [0.4, 0.5) is 0 Å². The van der Waals surface area contributed by atoms with E-state index in [0.717, 1.165) is 34.4 Å². The molecule has 0 atom stereocenters. The highest BCUT2D eigenvalue weighted by Crippen LogP contribution is 2.28. The molecule has 0 radical (unpaired) electrons. The number of nitrogens with one attached hydrogen (secondary N) is 1. The van der Waals surface area contributed by atoms with Gasteiger partial charge < -0.3 is 10.2 Å². The Morgan fingerprint density at radius 3 is 2.65 bits per heavy atom. The van der Waals surface area contributed by atoms with Gasteiger partial charge in [-0.15, -0.1) is 11.3 Å². The molecule has 1 aromatic carbocycles. The third-order valence-corrected chi connectivity index (χ3v) is 6.00. The average molecular weight is 434 g/mol. The predicted molar refractivity (Wildman–Crippen MR) is 126 cm³/mol. The first-order valence-electron chi connectivity index (χ1n) is 10.2. The van der Waals surface area contributed by atoms with Gasteiger partial charge >= 0.3 is 0 Å². The summed E-state index contributed by atoms with van der Waals surface area (Å²) in [6, 6.07) is 12.0. The van der Waals surface area contributed by atoms with Crippen LogP contribution in [0.2, 0.25) is 0 Å². The molecule has 3 heterocycles. The Hall–Kier alpha value is -3.03. The van der Waals surface area contributed by atoms with Gasteiger partial charge in [0, 0.05) is 36.6 Å². The second-order valence-electron chi connectivity index (χ2n) is 8.82. The van der Waals surface area contributed by atoms with Crippen molar-refractivity contribution in [3.05, 3.63) is 65.2 Å². The van der Waals surface area contributed by atoms with Gasteiger partial charge in [-0.3, -0.25) is 4.79 Å². The molecule has 0 spiro atoms. The maximum atomic E-state index is 12.6. The highest BCUT2D eigenvalue weighted by Gasteiger charge is 2.21. The molecule has 1 N–H and O–H groups in total. The minimum atomic E-state index is -0.0393. The average Bonchev–Trinajstić information content (AvgIpc) is 3.39. The second kappa shape index (κ2) is 8.61. The number of carbonyl (C=O) groups is 1. The van der Waals surface area contributed by atoms with Crippen molar-refractivity contribution in [1.82, 2.24) is 24.8 Å². The van der Waals surface area contributed by atoms with Crippen molar-refractivity contribution in [2.45, 2.75) is 13.8 Å². The smallest absolute Gasteiger partial charge is 0.261 e. The number of hydrogen-bond acceptors (Lipinski definition) is 5. The number of rotatable bonds is 7. The Labute approximate surface area is 186 Å². The van der Waals surface area contributed by atoms with E-state index in [1.165, 1.54) is 11.3 Å². The molecule has 0 fully saturated rings. The lowest BCUT2D eigenvalue weighted by atomic mass is 9.93. The fourth-order valence-corrected chi connectivity index (χ4v) is 4.60. The molecule has 0 saturated carbocycles. The minimum Gasteiger partial charge on any atom is -0.351 e. The highest BCUT2D eigenvalue weighted by molar-refractivity contribution is 7.12. The number of nitrogens with zero attached hydrogens (tertiary/aromatic N) is 4. The lowest BCUT2D eigenvalue weighted by Crippen LogP contribution is -2.39. The first-order chi connectivity index (χ1) is 14.8. The Morgan fingerprint density at radius 1 is 1.13 bits per heavy atom. The van der Waals surface area contributed by atoms with Crippen molar-refractivity contribution < 1.29 is 4.79 Å². The first kappa shape index (κ1) is 21.2. The van der Waals surface area contributed by atoms with Crippen LogP contribution in [0, 0.1) is 5.41 Å². The molecule has 4 aromatic rings. The Balaban J connectivity index is 1.50. The SMILES string of the molecule is CN(C)CC(C)(C)CNC(=O)c1cc(-c2cnc3c(-c4ccccc4)cnn3c2)cs1. The number of fused-ring (bicyclic) bond motifs is 1. The van der Waals surface area contributed by atoms with Crippen LogP contribution in [0.3, 0.4) is 0 Å². The second-order valence-corrected chi connectivity index (χ2v) is 9.73. The van der Waals surface area contributed by atoms with Crippen LogP contribution in [0.1, 0.15) is 23.5 Å². The quantitative estimate of drug-likeness (QED) is 0.468. The normalized spacial score (nSPS) is 11.9. The summed E-state index contributed by atoms with van der Waals surface area (Å²) in [5.41, 5.74) is 4.80. The fraction of sp³-hybridized carbons (Fsp3) is 0.292. The van der Waals surface area contributed by atoms with Crippen LogP contribution < -0.4 is 5.32 Å². The van der Waals surface area contributed by atoms with Gasteiger partial charge in [-0.1, -0.05) is 44.2 Å². The predicted octanol–water partition coefficient (Wildman–Crippen LogP) is 4.44. The molecule has 4 rings (SSSR count). The molecule has 7 heteroatoms. The van der Waals surface area contributed by atoms with Crippen molar-refractivity contribution >= 4 is 22.9 Å². The monoisotopic (exact) mass is 433 g/mol. The van der Waals surface area contributed by atoms with E-state index in [0.29, 0.717) is 11.4 Å². The van der Waals surface area contributed by atoms with Gasteiger partial charge in [0.05, 0.1) is 11.1 Å². The number of hydrogen-bond donors (Lipinski definition) is 1. The van der Waals surface area contributed by atoms with Crippen LogP contribution >= 0.6 is 11.3 Å². The van der Waals surface area contributed by atoms with E-state index in [-0.39, 0.29) is 11.3 Å². The highest BCUT2D eigenvalue weighted by atomic mass is 32.1. The summed E-state index contributed by atoms with van der Waals surface area (Å²) in [6.07, 6.45) is 5.63. The van der Waals surface area contributed by atoms with Gasteiger partial charge in [0.1, 0.15) is 0 Å². The lowest BCUT2D eigenvalue weighted by molar-refractivity contribution is 0.0933. The molecule has 1 amide bonds. The van der Waals surface area contributed by atoms with E-state index in [2.05, 4.69) is 46.3 Å². The molecular weight excluding hydrogens is 406 g/mol. The Kier molecular flexibility index (Phi) is 5.89. The van der Waals surface area contributed by atoms with Gasteiger partial charge in [0.15, 0.2) is 5.65 Å².